The molecule has 0 radical (unpaired) electrons. The molecule has 0 fully saturated rings. The molecule has 0 saturated carbocycles. The highest BCUT2D eigenvalue weighted by Crippen LogP contribution is 2.43. The van der Waals surface area contributed by atoms with E-state index < -0.39 is 7.82 Å². The lowest BCUT2D eigenvalue weighted by molar-refractivity contribution is 0.148. The van der Waals surface area contributed by atoms with Crippen molar-refractivity contribution in [2.75, 3.05) is 18.5 Å². The van der Waals surface area contributed by atoms with Gasteiger partial charge in [-0.2, -0.15) is 0 Å². The molecule has 1 atom stereocenters. The standard InChI is InChI=1S/C11H24BrO4P/c1-2-3-4-5-6-7-10-15-17(13,14)16-11-8-9-12/h2-11H2,1H3,(H,13,14). The van der Waals surface area contributed by atoms with E-state index in [-0.39, 0.29) is 6.61 Å². The van der Waals surface area contributed by atoms with Gasteiger partial charge in [-0.3, -0.25) is 9.05 Å². The second-order valence-corrected chi connectivity index (χ2v) is 6.19. The van der Waals surface area contributed by atoms with Crippen molar-refractivity contribution in [3.05, 3.63) is 0 Å². The zero-order chi connectivity index (χ0) is 13.0. The Labute approximate surface area is 113 Å². The summed E-state index contributed by atoms with van der Waals surface area (Å²) in [7, 11) is -3.80. The molecule has 104 valence electrons. The molecular formula is C11H24BrO4P. The van der Waals surface area contributed by atoms with Crippen LogP contribution in [0.15, 0.2) is 0 Å². The van der Waals surface area contributed by atoms with Gasteiger partial charge in [0.25, 0.3) is 0 Å². The zero-order valence-electron chi connectivity index (χ0n) is 10.6. The van der Waals surface area contributed by atoms with E-state index in [0.717, 1.165) is 24.6 Å². The van der Waals surface area contributed by atoms with E-state index in [1.165, 1.54) is 19.3 Å². The second kappa shape index (κ2) is 11.7. The number of phosphoric ester groups is 1. The maximum Gasteiger partial charge on any atom is 0.472 e. The first-order valence-electron chi connectivity index (χ1n) is 6.30. The quantitative estimate of drug-likeness (QED) is 0.330. The van der Waals surface area contributed by atoms with Crippen molar-refractivity contribution in [2.45, 2.75) is 51.9 Å². The lowest BCUT2D eigenvalue weighted by Gasteiger charge is -2.11. The van der Waals surface area contributed by atoms with Gasteiger partial charge in [-0.1, -0.05) is 55.0 Å². The molecule has 17 heavy (non-hydrogen) atoms. The van der Waals surface area contributed by atoms with E-state index in [4.69, 9.17) is 9.05 Å². The fourth-order valence-electron chi connectivity index (χ4n) is 1.33. The van der Waals surface area contributed by atoms with Crippen LogP contribution in [0.2, 0.25) is 0 Å². The van der Waals surface area contributed by atoms with Gasteiger partial charge in [-0.15, -0.1) is 0 Å². The lowest BCUT2D eigenvalue weighted by atomic mass is 10.1. The van der Waals surface area contributed by atoms with Gasteiger partial charge in [0.2, 0.25) is 0 Å². The lowest BCUT2D eigenvalue weighted by Crippen LogP contribution is -1.99. The van der Waals surface area contributed by atoms with E-state index >= 15 is 0 Å². The molecule has 0 rings (SSSR count). The van der Waals surface area contributed by atoms with Gasteiger partial charge in [-0.25, -0.2) is 4.57 Å². The van der Waals surface area contributed by atoms with Crippen molar-refractivity contribution in [3.8, 4) is 0 Å². The van der Waals surface area contributed by atoms with Crippen LogP contribution in [0.3, 0.4) is 0 Å². The van der Waals surface area contributed by atoms with Gasteiger partial charge in [-0.05, 0) is 12.8 Å². The molecule has 1 N–H and O–H groups in total. The summed E-state index contributed by atoms with van der Waals surface area (Å²) >= 11 is 3.22. The van der Waals surface area contributed by atoms with Crippen LogP contribution in [0, 0.1) is 0 Å². The minimum Gasteiger partial charge on any atom is -0.302 e. The molecule has 1 unspecified atom stereocenters. The van der Waals surface area contributed by atoms with Crippen LogP contribution in [-0.2, 0) is 13.6 Å². The molecule has 0 heterocycles. The Bertz CT molecular complexity index is 214. The third kappa shape index (κ3) is 12.8. The number of alkyl halides is 1. The highest BCUT2D eigenvalue weighted by Gasteiger charge is 2.19. The Kier molecular flexibility index (Phi) is 12.1. The normalized spacial score (nSPS) is 14.8. The Hall–Kier alpha value is 0.590. The molecule has 0 aliphatic rings. The number of phosphoric acid groups is 1. The number of rotatable bonds is 12. The predicted molar refractivity (Wildman–Crippen MR) is 73.5 cm³/mol. The maximum atomic E-state index is 11.3. The highest BCUT2D eigenvalue weighted by atomic mass is 79.9. The SMILES string of the molecule is CCCCCCCCOP(=O)(O)OCCCBr. The van der Waals surface area contributed by atoms with E-state index in [2.05, 4.69) is 22.9 Å². The Morgan fingerprint density at radius 2 is 1.53 bits per heavy atom. The van der Waals surface area contributed by atoms with Crippen molar-refractivity contribution >= 4 is 23.8 Å². The Morgan fingerprint density at radius 1 is 1.00 bits per heavy atom. The van der Waals surface area contributed by atoms with E-state index in [9.17, 15) is 9.46 Å². The monoisotopic (exact) mass is 330 g/mol. The number of hydrogen-bond acceptors (Lipinski definition) is 3. The van der Waals surface area contributed by atoms with Crippen LogP contribution >= 0.6 is 23.8 Å². The molecule has 0 saturated heterocycles. The van der Waals surface area contributed by atoms with Crippen LogP contribution in [0.4, 0.5) is 0 Å². The molecular weight excluding hydrogens is 307 g/mol. The van der Waals surface area contributed by atoms with Crippen LogP contribution < -0.4 is 0 Å². The van der Waals surface area contributed by atoms with Gasteiger partial charge >= 0.3 is 7.82 Å². The number of hydrogen-bond donors (Lipinski definition) is 1. The van der Waals surface area contributed by atoms with Crippen molar-refractivity contribution < 1.29 is 18.5 Å². The van der Waals surface area contributed by atoms with E-state index in [0.29, 0.717) is 13.0 Å². The second-order valence-electron chi connectivity index (χ2n) is 3.95. The third-order valence-corrected chi connectivity index (χ3v) is 3.86. The fraction of sp³-hybridized carbons (Fsp3) is 1.00. The Morgan fingerprint density at radius 3 is 2.12 bits per heavy atom. The smallest absolute Gasteiger partial charge is 0.302 e. The molecule has 0 bridgehead atoms. The first kappa shape index (κ1) is 17.6. The van der Waals surface area contributed by atoms with Crippen LogP contribution in [0.1, 0.15) is 51.9 Å². The van der Waals surface area contributed by atoms with Gasteiger partial charge in [0.15, 0.2) is 0 Å². The topological polar surface area (TPSA) is 55.8 Å². The summed E-state index contributed by atoms with van der Waals surface area (Å²) in [6.07, 6.45) is 7.44. The minimum absolute atomic E-state index is 0.246. The largest absolute Gasteiger partial charge is 0.472 e. The zero-order valence-corrected chi connectivity index (χ0v) is 13.0. The fourth-order valence-corrected chi connectivity index (χ4v) is 2.36. The molecule has 0 amide bonds. The van der Waals surface area contributed by atoms with Crippen LogP contribution in [0.5, 0.6) is 0 Å². The molecule has 0 aromatic rings. The average molecular weight is 331 g/mol. The first-order chi connectivity index (χ1) is 8.12. The third-order valence-electron chi connectivity index (χ3n) is 2.28. The van der Waals surface area contributed by atoms with Crippen molar-refractivity contribution in [2.24, 2.45) is 0 Å². The van der Waals surface area contributed by atoms with Crippen LogP contribution in [0.25, 0.3) is 0 Å². The molecule has 6 heteroatoms. The summed E-state index contributed by atoms with van der Waals surface area (Å²) in [5, 5.41) is 0.754. The van der Waals surface area contributed by atoms with Gasteiger partial charge in [0, 0.05) is 5.33 Å². The maximum absolute atomic E-state index is 11.3. The number of unbranched alkanes of at least 4 members (excludes halogenated alkanes) is 5. The van der Waals surface area contributed by atoms with Crippen molar-refractivity contribution in [1.82, 2.24) is 0 Å². The summed E-state index contributed by atoms with van der Waals surface area (Å²) < 4.78 is 20.9. The highest BCUT2D eigenvalue weighted by molar-refractivity contribution is 9.09. The predicted octanol–water partition coefficient (Wildman–Crippen LogP) is 4.27. The summed E-state index contributed by atoms with van der Waals surface area (Å²) in [4.78, 5) is 9.28. The van der Waals surface area contributed by atoms with Crippen molar-refractivity contribution in [3.63, 3.8) is 0 Å². The van der Waals surface area contributed by atoms with Gasteiger partial charge < -0.3 is 4.89 Å². The number of halogens is 1. The summed E-state index contributed by atoms with van der Waals surface area (Å²) in [5.41, 5.74) is 0. The Balaban J connectivity index is 3.36. The first-order valence-corrected chi connectivity index (χ1v) is 8.92. The van der Waals surface area contributed by atoms with Gasteiger partial charge in [0.05, 0.1) is 13.2 Å². The van der Waals surface area contributed by atoms with Crippen molar-refractivity contribution in [1.29, 1.82) is 0 Å². The van der Waals surface area contributed by atoms with Crippen LogP contribution in [-0.4, -0.2) is 23.4 Å². The summed E-state index contributed by atoms with van der Waals surface area (Å²) in [5.74, 6) is 0. The summed E-state index contributed by atoms with van der Waals surface area (Å²) in [6, 6.07) is 0. The molecule has 0 aromatic carbocycles. The molecule has 0 spiro atoms. The molecule has 4 nitrogen and oxygen atoms in total. The average Bonchev–Trinajstić information content (AvgIpc) is 2.28. The molecule has 0 aliphatic carbocycles. The minimum atomic E-state index is -3.80. The van der Waals surface area contributed by atoms with E-state index in [1.807, 2.05) is 0 Å². The molecule has 0 aliphatic heterocycles. The summed E-state index contributed by atoms with van der Waals surface area (Å²) in [6.45, 7) is 2.72. The van der Waals surface area contributed by atoms with E-state index in [1.54, 1.807) is 0 Å². The van der Waals surface area contributed by atoms with Gasteiger partial charge in [0.1, 0.15) is 0 Å². The molecule has 0 aromatic heterocycles.